The van der Waals surface area contributed by atoms with Crippen molar-refractivity contribution >= 4 is 23.3 Å². The normalized spacial score (nSPS) is 13.2. The fourth-order valence-corrected chi connectivity index (χ4v) is 1.34. The molecule has 0 aliphatic carbocycles. The summed E-state index contributed by atoms with van der Waals surface area (Å²) in [5, 5.41) is 20.0. The maximum Gasteiger partial charge on any atom is 0.416 e. The molecule has 0 bridgehead atoms. The van der Waals surface area contributed by atoms with E-state index in [0.29, 0.717) is 0 Å². The van der Waals surface area contributed by atoms with Gasteiger partial charge in [0, 0.05) is 17.3 Å². The van der Waals surface area contributed by atoms with Crippen LogP contribution < -0.4 is 5.32 Å². The number of aromatic carboxylic acids is 1. The molecule has 0 aliphatic heterocycles. The van der Waals surface area contributed by atoms with E-state index in [1.54, 1.807) is 0 Å². The summed E-state index contributed by atoms with van der Waals surface area (Å²) >= 11 is 5.58. The maximum atomic E-state index is 12.0. The van der Waals surface area contributed by atoms with Gasteiger partial charge in [-0.3, -0.25) is 0 Å². The Morgan fingerprint density at radius 1 is 1.44 bits per heavy atom. The minimum atomic E-state index is -4.76. The van der Waals surface area contributed by atoms with Crippen LogP contribution in [0.15, 0.2) is 18.2 Å². The number of carbonyl (C=O) groups is 1. The zero-order valence-corrected chi connectivity index (χ0v) is 9.59. The molecule has 1 aromatic rings. The molecule has 0 heterocycles. The Labute approximate surface area is 105 Å². The number of halogens is 4. The second kappa shape index (κ2) is 5.45. The molecule has 18 heavy (non-hydrogen) atoms. The SMILES string of the molecule is O=C(O)c1cc(Cl)ccc1NCC(O)C(F)(F)F. The van der Waals surface area contributed by atoms with Crippen molar-refractivity contribution in [1.82, 2.24) is 0 Å². The molecule has 0 saturated heterocycles. The fourth-order valence-electron chi connectivity index (χ4n) is 1.17. The van der Waals surface area contributed by atoms with E-state index >= 15 is 0 Å². The third kappa shape index (κ3) is 3.78. The summed E-state index contributed by atoms with van der Waals surface area (Å²) in [6, 6.07) is 3.66. The van der Waals surface area contributed by atoms with Crippen LogP contribution in [0.1, 0.15) is 10.4 Å². The molecule has 0 aliphatic rings. The van der Waals surface area contributed by atoms with E-state index in [9.17, 15) is 18.0 Å². The van der Waals surface area contributed by atoms with Gasteiger partial charge in [0.1, 0.15) is 0 Å². The predicted octanol–water partition coefficient (Wildman–Crippen LogP) is 2.37. The number of aliphatic hydroxyl groups excluding tert-OH is 1. The Morgan fingerprint density at radius 2 is 2.06 bits per heavy atom. The number of alkyl halides is 3. The van der Waals surface area contributed by atoms with Crippen molar-refractivity contribution in [3.05, 3.63) is 28.8 Å². The van der Waals surface area contributed by atoms with E-state index in [1.807, 2.05) is 0 Å². The largest absolute Gasteiger partial charge is 0.478 e. The first kappa shape index (κ1) is 14.6. The third-order valence-corrected chi connectivity index (χ3v) is 2.31. The number of nitrogens with one attached hydrogen (secondary N) is 1. The number of hydrogen-bond donors (Lipinski definition) is 3. The molecule has 0 amide bonds. The first-order chi connectivity index (χ1) is 8.21. The average Bonchev–Trinajstić information content (AvgIpc) is 2.25. The van der Waals surface area contributed by atoms with E-state index < -0.39 is 24.8 Å². The number of carboxylic acid groups (broad SMARTS) is 1. The van der Waals surface area contributed by atoms with Gasteiger partial charge in [-0.1, -0.05) is 11.6 Å². The minimum Gasteiger partial charge on any atom is -0.478 e. The molecular formula is C10H9ClF3NO3. The molecule has 0 radical (unpaired) electrons. The molecule has 3 N–H and O–H groups in total. The van der Waals surface area contributed by atoms with Gasteiger partial charge in [0.15, 0.2) is 6.10 Å². The van der Waals surface area contributed by atoms with Gasteiger partial charge in [0.05, 0.1) is 5.56 Å². The zero-order valence-electron chi connectivity index (χ0n) is 8.83. The summed E-state index contributed by atoms with van der Waals surface area (Å²) in [4.78, 5) is 10.8. The van der Waals surface area contributed by atoms with E-state index in [-0.39, 0.29) is 16.3 Å². The quantitative estimate of drug-likeness (QED) is 0.793. The lowest BCUT2D eigenvalue weighted by Crippen LogP contribution is -2.35. The highest BCUT2D eigenvalue weighted by molar-refractivity contribution is 6.31. The summed E-state index contributed by atoms with van der Waals surface area (Å²) < 4.78 is 36.1. The summed E-state index contributed by atoms with van der Waals surface area (Å²) in [6.07, 6.45) is -7.34. The highest BCUT2D eigenvalue weighted by Crippen LogP contribution is 2.23. The Kier molecular flexibility index (Phi) is 4.42. The van der Waals surface area contributed by atoms with Crippen LogP contribution in [0, 0.1) is 0 Å². The summed E-state index contributed by atoms with van der Waals surface area (Å²) in [5.74, 6) is -1.33. The zero-order chi connectivity index (χ0) is 13.9. The second-order valence-corrected chi connectivity index (χ2v) is 3.87. The molecule has 100 valence electrons. The van der Waals surface area contributed by atoms with Crippen LogP contribution in [0.2, 0.25) is 5.02 Å². The van der Waals surface area contributed by atoms with Crippen LogP contribution in [-0.4, -0.2) is 35.0 Å². The monoisotopic (exact) mass is 283 g/mol. The van der Waals surface area contributed by atoms with Crippen molar-refractivity contribution in [1.29, 1.82) is 0 Å². The van der Waals surface area contributed by atoms with Crippen molar-refractivity contribution in [2.75, 3.05) is 11.9 Å². The smallest absolute Gasteiger partial charge is 0.416 e. The molecule has 1 rings (SSSR count). The first-order valence-electron chi connectivity index (χ1n) is 4.73. The van der Waals surface area contributed by atoms with Crippen molar-refractivity contribution in [2.45, 2.75) is 12.3 Å². The average molecular weight is 284 g/mol. The summed E-state index contributed by atoms with van der Waals surface area (Å²) in [6.45, 7) is -0.842. The van der Waals surface area contributed by atoms with Gasteiger partial charge in [-0.05, 0) is 18.2 Å². The van der Waals surface area contributed by atoms with Crippen LogP contribution in [0.3, 0.4) is 0 Å². The molecule has 1 atom stereocenters. The van der Waals surface area contributed by atoms with Gasteiger partial charge in [0.2, 0.25) is 0 Å². The van der Waals surface area contributed by atoms with Gasteiger partial charge in [-0.2, -0.15) is 13.2 Å². The van der Waals surface area contributed by atoms with E-state index in [0.717, 1.165) is 6.07 Å². The lowest BCUT2D eigenvalue weighted by Gasteiger charge is -2.16. The fraction of sp³-hybridized carbons (Fsp3) is 0.300. The standard InChI is InChI=1S/C10H9ClF3NO3/c11-5-1-2-7(6(3-5)9(17)18)15-4-8(16)10(12,13)14/h1-3,8,15-16H,4H2,(H,17,18). The van der Waals surface area contributed by atoms with Crippen LogP contribution in [-0.2, 0) is 0 Å². The van der Waals surface area contributed by atoms with E-state index in [1.165, 1.54) is 12.1 Å². The number of rotatable bonds is 4. The molecule has 0 spiro atoms. The molecule has 0 aromatic heterocycles. The lowest BCUT2D eigenvalue weighted by atomic mass is 10.1. The van der Waals surface area contributed by atoms with Crippen molar-refractivity contribution in [2.24, 2.45) is 0 Å². The van der Waals surface area contributed by atoms with Crippen molar-refractivity contribution < 1.29 is 28.2 Å². The Bertz CT molecular complexity index is 450. The highest BCUT2D eigenvalue weighted by atomic mass is 35.5. The Morgan fingerprint density at radius 3 is 2.56 bits per heavy atom. The van der Waals surface area contributed by atoms with Crippen LogP contribution >= 0.6 is 11.6 Å². The molecule has 1 aromatic carbocycles. The number of anilines is 1. The molecule has 4 nitrogen and oxygen atoms in total. The van der Waals surface area contributed by atoms with E-state index in [2.05, 4.69) is 5.32 Å². The first-order valence-corrected chi connectivity index (χ1v) is 5.11. The summed E-state index contributed by atoms with van der Waals surface area (Å²) in [5.41, 5.74) is -0.313. The number of benzene rings is 1. The highest BCUT2D eigenvalue weighted by Gasteiger charge is 2.37. The molecule has 1 unspecified atom stereocenters. The number of hydrogen-bond acceptors (Lipinski definition) is 3. The second-order valence-electron chi connectivity index (χ2n) is 3.43. The van der Waals surface area contributed by atoms with Crippen LogP contribution in [0.4, 0.5) is 18.9 Å². The van der Waals surface area contributed by atoms with Gasteiger partial charge in [-0.15, -0.1) is 0 Å². The molecule has 0 fully saturated rings. The minimum absolute atomic E-state index is 0.0461. The van der Waals surface area contributed by atoms with Crippen molar-refractivity contribution in [3.63, 3.8) is 0 Å². The Balaban J connectivity index is 2.82. The van der Waals surface area contributed by atoms with Gasteiger partial charge >= 0.3 is 12.1 Å². The topological polar surface area (TPSA) is 69.6 Å². The van der Waals surface area contributed by atoms with Crippen molar-refractivity contribution in [3.8, 4) is 0 Å². The Hall–Kier alpha value is -1.47. The van der Waals surface area contributed by atoms with Crippen LogP contribution in [0.5, 0.6) is 0 Å². The van der Waals surface area contributed by atoms with Gasteiger partial charge in [0.25, 0.3) is 0 Å². The summed E-state index contributed by atoms with van der Waals surface area (Å²) in [7, 11) is 0. The molecule has 8 heteroatoms. The maximum absolute atomic E-state index is 12.0. The number of aliphatic hydroxyl groups is 1. The van der Waals surface area contributed by atoms with Gasteiger partial charge < -0.3 is 15.5 Å². The van der Waals surface area contributed by atoms with Crippen LogP contribution in [0.25, 0.3) is 0 Å². The van der Waals surface area contributed by atoms with Gasteiger partial charge in [-0.25, -0.2) is 4.79 Å². The molecular weight excluding hydrogens is 275 g/mol. The molecule has 0 saturated carbocycles. The third-order valence-electron chi connectivity index (χ3n) is 2.08. The lowest BCUT2D eigenvalue weighted by molar-refractivity contribution is -0.198. The number of carboxylic acids is 1. The predicted molar refractivity (Wildman–Crippen MR) is 59.0 cm³/mol. The van der Waals surface area contributed by atoms with E-state index in [4.69, 9.17) is 21.8 Å².